The summed E-state index contributed by atoms with van der Waals surface area (Å²) < 4.78 is 2.02. The van der Waals surface area contributed by atoms with Crippen molar-refractivity contribution >= 4 is 5.78 Å². The lowest BCUT2D eigenvalue weighted by Gasteiger charge is -2.30. The molecule has 17 heavy (non-hydrogen) atoms. The fourth-order valence-corrected chi connectivity index (χ4v) is 2.74. The lowest BCUT2D eigenvalue weighted by atomic mass is 9.75. The van der Waals surface area contributed by atoms with Crippen LogP contribution in [0.15, 0.2) is 18.5 Å². The zero-order chi connectivity index (χ0) is 11.9. The summed E-state index contributed by atoms with van der Waals surface area (Å²) in [5.74, 6) is 2.26. The molecule has 1 unspecified atom stereocenters. The molecule has 5 nitrogen and oxygen atoms in total. The maximum Gasteiger partial charge on any atom is 0.254 e. The molecule has 0 radical (unpaired) electrons. The van der Waals surface area contributed by atoms with Crippen molar-refractivity contribution in [3.63, 3.8) is 0 Å². The van der Waals surface area contributed by atoms with Gasteiger partial charge < -0.3 is 5.32 Å². The Kier molecular flexibility index (Phi) is 2.36. The Morgan fingerprint density at radius 3 is 3.00 bits per heavy atom. The molecule has 1 fully saturated rings. The van der Waals surface area contributed by atoms with E-state index in [9.17, 15) is 0 Å². The first-order chi connectivity index (χ1) is 8.24. The van der Waals surface area contributed by atoms with Crippen molar-refractivity contribution in [2.75, 3.05) is 13.1 Å². The third kappa shape index (κ3) is 1.45. The number of hydrogen-bond acceptors (Lipinski definition) is 4. The molecule has 0 saturated carbocycles. The fourth-order valence-electron chi connectivity index (χ4n) is 2.74. The smallest absolute Gasteiger partial charge is 0.254 e. The normalized spacial score (nSPS) is 24.9. The molecule has 1 saturated heterocycles. The van der Waals surface area contributed by atoms with Gasteiger partial charge in [-0.1, -0.05) is 13.8 Å². The van der Waals surface area contributed by atoms with Gasteiger partial charge in [-0.25, -0.2) is 4.98 Å². The highest BCUT2D eigenvalue weighted by Gasteiger charge is 2.42. The van der Waals surface area contributed by atoms with E-state index in [4.69, 9.17) is 0 Å². The van der Waals surface area contributed by atoms with Crippen LogP contribution in [0.5, 0.6) is 0 Å². The number of hydrogen-bond donors (Lipinski definition) is 1. The van der Waals surface area contributed by atoms with Gasteiger partial charge in [0.2, 0.25) is 0 Å². The standard InChI is InChI=1S/C12H17N5/c1-9(2)12(4-6-13-8-12)10-15-16-11-14-5-3-7-17(10)11/h3,5,7,9,13H,4,6,8H2,1-2H3. The van der Waals surface area contributed by atoms with Gasteiger partial charge in [0.25, 0.3) is 5.78 Å². The second kappa shape index (κ2) is 3.77. The molecule has 0 aliphatic carbocycles. The molecule has 3 heterocycles. The maximum atomic E-state index is 4.38. The SMILES string of the molecule is CC(C)C1(c2nnc3ncccn23)CCNC1. The van der Waals surface area contributed by atoms with E-state index in [0.29, 0.717) is 11.7 Å². The minimum Gasteiger partial charge on any atom is -0.316 e. The number of fused-ring (bicyclic) bond motifs is 1. The van der Waals surface area contributed by atoms with Gasteiger partial charge in [-0.2, -0.15) is 0 Å². The Morgan fingerprint density at radius 2 is 2.29 bits per heavy atom. The molecule has 1 aliphatic rings. The van der Waals surface area contributed by atoms with Gasteiger partial charge in [-0.05, 0) is 24.9 Å². The van der Waals surface area contributed by atoms with Gasteiger partial charge in [0, 0.05) is 24.4 Å². The Bertz CT molecular complexity index is 524. The molecule has 1 aliphatic heterocycles. The topological polar surface area (TPSA) is 55.1 Å². The summed E-state index contributed by atoms with van der Waals surface area (Å²) in [6, 6.07) is 1.93. The summed E-state index contributed by atoms with van der Waals surface area (Å²) in [6.45, 7) is 6.53. The van der Waals surface area contributed by atoms with Crippen LogP contribution in [0.1, 0.15) is 26.1 Å². The summed E-state index contributed by atoms with van der Waals surface area (Å²) in [5.41, 5.74) is 0.0858. The van der Waals surface area contributed by atoms with Crippen molar-refractivity contribution in [3.8, 4) is 0 Å². The van der Waals surface area contributed by atoms with Crippen molar-refractivity contribution in [2.24, 2.45) is 5.92 Å². The number of nitrogens with zero attached hydrogens (tertiary/aromatic N) is 4. The largest absolute Gasteiger partial charge is 0.316 e. The first-order valence-electron chi connectivity index (χ1n) is 6.11. The Morgan fingerprint density at radius 1 is 1.41 bits per heavy atom. The third-order valence-electron chi connectivity index (χ3n) is 3.93. The van der Waals surface area contributed by atoms with E-state index in [1.54, 1.807) is 6.20 Å². The Labute approximate surface area is 100 Å². The van der Waals surface area contributed by atoms with Crippen LogP contribution in [0.4, 0.5) is 0 Å². The number of nitrogens with one attached hydrogen (secondary N) is 1. The zero-order valence-corrected chi connectivity index (χ0v) is 10.2. The van der Waals surface area contributed by atoms with E-state index < -0.39 is 0 Å². The highest BCUT2D eigenvalue weighted by atomic mass is 15.3. The van der Waals surface area contributed by atoms with E-state index in [-0.39, 0.29) is 5.41 Å². The Hall–Kier alpha value is -1.49. The summed E-state index contributed by atoms with van der Waals surface area (Å²) >= 11 is 0. The molecular weight excluding hydrogens is 214 g/mol. The predicted octanol–water partition coefficient (Wildman–Crippen LogP) is 1.01. The first kappa shape index (κ1) is 10.7. The molecule has 3 rings (SSSR count). The number of rotatable bonds is 2. The van der Waals surface area contributed by atoms with Gasteiger partial charge in [0.15, 0.2) is 0 Å². The molecule has 0 bridgehead atoms. The minimum atomic E-state index is 0.0858. The molecule has 0 aromatic carbocycles. The monoisotopic (exact) mass is 231 g/mol. The van der Waals surface area contributed by atoms with E-state index in [0.717, 1.165) is 25.3 Å². The highest BCUT2D eigenvalue weighted by Crippen LogP contribution is 2.36. The predicted molar refractivity (Wildman–Crippen MR) is 64.8 cm³/mol. The molecule has 90 valence electrons. The van der Waals surface area contributed by atoms with E-state index in [1.807, 2.05) is 16.7 Å². The molecule has 0 amide bonds. The quantitative estimate of drug-likeness (QED) is 0.838. The van der Waals surface area contributed by atoms with Crippen LogP contribution in [0.25, 0.3) is 5.78 Å². The van der Waals surface area contributed by atoms with Crippen LogP contribution in [0.3, 0.4) is 0 Å². The van der Waals surface area contributed by atoms with Crippen LogP contribution in [0, 0.1) is 5.92 Å². The average Bonchev–Trinajstić information content (AvgIpc) is 2.95. The van der Waals surface area contributed by atoms with Crippen LogP contribution in [-0.4, -0.2) is 32.7 Å². The molecule has 1 N–H and O–H groups in total. The summed E-state index contributed by atoms with van der Waals surface area (Å²) in [6.07, 6.45) is 4.86. The van der Waals surface area contributed by atoms with Crippen molar-refractivity contribution < 1.29 is 0 Å². The fraction of sp³-hybridized carbons (Fsp3) is 0.583. The van der Waals surface area contributed by atoms with E-state index in [1.165, 1.54) is 0 Å². The lowest BCUT2D eigenvalue weighted by Crippen LogP contribution is -2.36. The lowest BCUT2D eigenvalue weighted by molar-refractivity contribution is 0.315. The van der Waals surface area contributed by atoms with Gasteiger partial charge in [-0.15, -0.1) is 10.2 Å². The maximum absolute atomic E-state index is 4.38. The highest BCUT2D eigenvalue weighted by molar-refractivity contribution is 5.30. The first-order valence-corrected chi connectivity index (χ1v) is 6.11. The number of aromatic nitrogens is 4. The summed E-state index contributed by atoms with van der Waals surface area (Å²) in [4.78, 5) is 4.23. The van der Waals surface area contributed by atoms with Crippen molar-refractivity contribution in [1.82, 2.24) is 24.9 Å². The van der Waals surface area contributed by atoms with Crippen LogP contribution in [0.2, 0.25) is 0 Å². The molecule has 5 heteroatoms. The third-order valence-corrected chi connectivity index (χ3v) is 3.93. The van der Waals surface area contributed by atoms with Gasteiger partial charge in [-0.3, -0.25) is 4.40 Å². The molecule has 1 atom stereocenters. The second-order valence-corrected chi connectivity index (χ2v) is 5.05. The molecule has 2 aromatic heterocycles. The van der Waals surface area contributed by atoms with Gasteiger partial charge in [0.1, 0.15) is 5.82 Å². The molecular formula is C12H17N5. The average molecular weight is 231 g/mol. The van der Waals surface area contributed by atoms with E-state index in [2.05, 4.69) is 34.3 Å². The van der Waals surface area contributed by atoms with Crippen LogP contribution < -0.4 is 5.32 Å². The van der Waals surface area contributed by atoms with Crippen LogP contribution >= 0.6 is 0 Å². The molecule has 2 aromatic rings. The van der Waals surface area contributed by atoms with E-state index >= 15 is 0 Å². The zero-order valence-electron chi connectivity index (χ0n) is 10.2. The van der Waals surface area contributed by atoms with Gasteiger partial charge >= 0.3 is 0 Å². The summed E-state index contributed by atoms with van der Waals surface area (Å²) in [5, 5.41) is 12.0. The summed E-state index contributed by atoms with van der Waals surface area (Å²) in [7, 11) is 0. The second-order valence-electron chi connectivity index (χ2n) is 5.05. The van der Waals surface area contributed by atoms with Crippen molar-refractivity contribution in [3.05, 3.63) is 24.3 Å². The van der Waals surface area contributed by atoms with Crippen LogP contribution in [-0.2, 0) is 5.41 Å². The van der Waals surface area contributed by atoms with Crippen molar-refractivity contribution in [1.29, 1.82) is 0 Å². The van der Waals surface area contributed by atoms with Gasteiger partial charge in [0.05, 0.1) is 0 Å². The minimum absolute atomic E-state index is 0.0858. The Balaban J connectivity index is 2.19. The molecule has 0 spiro atoms. The van der Waals surface area contributed by atoms with Crippen molar-refractivity contribution in [2.45, 2.75) is 25.7 Å².